The average molecular weight is 323 g/mol. The highest BCUT2D eigenvalue weighted by Gasteiger charge is 2.47. The van der Waals surface area contributed by atoms with Crippen molar-refractivity contribution in [3.05, 3.63) is 0 Å². The van der Waals surface area contributed by atoms with E-state index >= 15 is 0 Å². The van der Waals surface area contributed by atoms with Crippen LogP contribution in [0.4, 0.5) is 0 Å². The summed E-state index contributed by atoms with van der Waals surface area (Å²) in [7, 11) is 1.30. The third-order valence-electron chi connectivity index (χ3n) is 5.44. The summed E-state index contributed by atoms with van der Waals surface area (Å²) in [5.41, 5.74) is 0.347. The lowest BCUT2D eigenvalue weighted by Gasteiger charge is -2.30. The number of amides is 2. The molecule has 3 fully saturated rings. The molecule has 1 saturated carbocycles. The van der Waals surface area contributed by atoms with E-state index in [1.54, 1.807) is 0 Å². The maximum atomic E-state index is 12.5. The molecule has 0 bridgehead atoms. The van der Waals surface area contributed by atoms with Gasteiger partial charge in [-0.25, -0.2) is 4.79 Å². The van der Waals surface area contributed by atoms with Crippen molar-refractivity contribution in [2.75, 3.05) is 20.2 Å². The number of ether oxygens (including phenoxy) is 1. The predicted octanol–water partition coefficient (Wildman–Crippen LogP) is -0.297. The van der Waals surface area contributed by atoms with Gasteiger partial charge in [-0.1, -0.05) is 0 Å². The summed E-state index contributed by atoms with van der Waals surface area (Å²) in [5.74, 6) is -0.950. The summed E-state index contributed by atoms with van der Waals surface area (Å²) in [5, 5.41) is 8.78. The summed E-state index contributed by atoms with van der Waals surface area (Å²) in [6.07, 6.45) is 5.33. The average Bonchev–Trinajstić information content (AvgIpc) is 3.17. The van der Waals surface area contributed by atoms with Crippen molar-refractivity contribution in [1.82, 2.24) is 16.0 Å². The molecule has 3 aliphatic rings. The molecule has 7 heteroatoms. The summed E-state index contributed by atoms with van der Waals surface area (Å²) in [4.78, 5) is 36.2. The quantitative estimate of drug-likeness (QED) is 0.604. The van der Waals surface area contributed by atoms with Crippen LogP contribution in [0.1, 0.15) is 38.5 Å². The third kappa shape index (κ3) is 3.65. The first-order valence-electron chi connectivity index (χ1n) is 8.42. The van der Waals surface area contributed by atoms with E-state index in [-0.39, 0.29) is 23.8 Å². The molecule has 3 N–H and O–H groups in total. The number of carbonyl (C=O) groups excluding carboxylic acids is 3. The highest BCUT2D eigenvalue weighted by atomic mass is 16.5. The molecule has 0 radical (unpaired) electrons. The molecule has 2 heterocycles. The maximum absolute atomic E-state index is 12.5. The van der Waals surface area contributed by atoms with Crippen LogP contribution in [0, 0.1) is 11.3 Å². The minimum atomic E-state index is -0.764. The molecule has 2 amide bonds. The van der Waals surface area contributed by atoms with Crippen molar-refractivity contribution in [3.63, 3.8) is 0 Å². The fourth-order valence-corrected chi connectivity index (χ4v) is 3.72. The van der Waals surface area contributed by atoms with E-state index in [2.05, 4.69) is 16.0 Å². The van der Waals surface area contributed by atoms with Gasteiger partial charge in [-0.3, -0.25) is 9.59 Å². The van der Waals surface area contributed by atoms with Crippen molar-refractivity contribution in [3.8, 4) is 0 Å². The Bertz CT molecular complexity index is 504. The van der Waals surface area contributed by atoms with E-state index in [1.807, 2.05) is 0 Å². The van der Waals surface area contributed by atoms with E-state index < -0.39 is 12.0 Å². The van der Waals surface area contributed by atoms with Gasteiger partial charge in [0.2, 0.25) is 11.8 Å². The fraction of sp³-hybridized carbons (Fsp3) is 0.812. The third-order valence-corrected chi connectivity index (χ3v) is 5.44. The molecular formula is C16H25N3O4. The van der Waals surface area contributed by atoms with Crippen molar-refractivity contribution < 1.29 is 19.1 Å². The van der Waals surface area contributed by atoms with Crippen LogP contribution in [0.2, 0.25) is 0 Å². The lowest BCUT2D eigenvalue weighted by atomic mass is 9.89. The molecule has 0 unspecified atom stereocenters. The molecule has 2 aliphatic heterocycles. The fourth-order valence-electron chi connectivity index (χ4n) is 3.72. The lowest BCUT2D eigenvalue weighted by molar-refractivity contribution is -0.146. The van der Waals surface area contributed by atoms with Gasteiger partial charge in [0.1, 0.15) is 6.04 Å². The van der Waals surface area contributed by atoms with Crippen LogP contribution < -0.4 is 16.0 Å². The van der Waals surface area contributed by atoms with Gasteiger partial charge in [-0.15, -0.1) is 0 Å². The van der Waals surface area contributed by atoms with Crippen molar-refractivity contribution in [2.45, 2.75) is 50.6 Å². The van der Waals surface area contributed by atoms with Crippen molar-refractivity contribution in [2.24, 2.45) is 11.3 Å². The number of esters is 1. The number of hydrogen-bond acceptors (Lipinski definition) is 5. The smallest absolute Gasteiger partial charge is 0.328 e. The standard InChI is InChI=1S/C16H25N3O4/c1-23-15(22)11(8-10-2-6-18-13(10)20)19-14(21)12-9-16(3-4-16)5-7-17-12/h10-12,17H,2-9H2,1H3,(H,18,20)(H,19,21)/t10-,11-,12-/m0/s1. The largest absolute Gasteiger partial charge is 0.467 e. The Hall–Kier alpha value is -1.63. The second kappa shape index (κ2) is 6.47. The molecule has 7 nitrogen and oxygen atoms in total. The lowest BCUT2D eigenvalue weighted by Crippen LogP contribution is -2.54. The van der Waals surface area contributed by atoms with Crippen LogP contribution in [-0.2, 0) is 19.1 Å². The van der Waals surface area contributed by atoms with Gasteiger partial charge in [0.15, 0.2) is 0 Å². The van der Waals surface area contributed by atoms with E-state index in [4.69, 9.17) is 4.74 Å². The number of nitrogens with one attached hydrogen (secondary N) is 3. The number of methoxy groups -OCH3 is 1. The monoisotopic (exact) mass is 323 g/mol. The summed E-state index contributed by atoms with van der Waals surface area (Å²) in [6.45, 7) is 1.46. The first-order chi connectivity index (χ1) is 11.0. The zero-order valence-corrected chi connectivity index (χ0v) is 13.5. The van der Waals surface area contributed by atoms with Crippen LogP contribution in [0.25, 0.3) is 0 Å². The number of piperidine rings is 1. The van der Waals surface area contributed by atoms with Gasteiger partial charge in [-0.2, -0.15) is 0 Å². The highest BCUT2D eigenvalue weighted by Crippen LogP contribution is 2.53. The SMILES string of the molecule is COC(=O)[C@H](C[C@@H]1CCNC1=O)NC(=O)[C@@H]1CC2(CCN1)CC2. The van der Waals surface area contributed by atoms with Gasteiger partial charge in [0, 0.05) is 12.5 Å². The first kappa shape index (κ1) is 16.2. The van der Waals surface area contributed by atoms with Crippen LogP contribution in [0.5, 0.6) is 0 Å². The van der Waals surface area contributed by atoms with E-state index in [0.717, 1.165) is 19.4 Å². The molecule has 0 aromatic rings. The second-order valence-electron chi connectivity index (χ2n) is 7.06. The highest BCUT2D eigenvalue weighted by molar-refractivity contribution is 5.88. The zero-order chi connectivity index (χ0) is 16.4. The second-order valence-corrected chi connectivity index (χ2v) is 7.06. The number of hydrogen-bond donors (Lipinski definition) is 3. The van der Waals surface area contributed by atoms with Crippen molar-refractivity contribution >= 4 is 17.8 Å². The van der Waals surface area contributed by atoms with Gasteiger partial charge in [0.05, 0.1) is 13.2 Å². The van der Waals surface area contributed by atoms with Crippen LogP contribution in [-0.4, -0.2) is 50.1 Å². The molecule has 128 valence electrons. The summed E-state index contributed by atoms with van der Waals surface area (Å²) in [6, 6.07) is -1.02. The number of carbonyl (C=O) groups is 3. The maximum Gasteiger partial charge on any atom is 0.328 e. The van der Waals surface area contributed by atoms with E-state index in [0.29, 0.717) is 24.8 Å². The van der Waals surface area contributed by atoms with Crippen LogP contribution in [0.3, 0.4) is 0 Å². The van der Waals surface area contributed by atoms with E-state index in [1.165, 1.54) is 20.0 Å². The number of rotatable bonds is 5. The summed E-state index contributed by atoms with van der Waals surface area (Å²) >= 11 is 0. The molecule has 0 aromatic carbocycles. The van der Waals surface area contributed by atoms with Crippen molar-refractivity contribution in [1.29, 1.82) is 0 Å². The molecule has 3 rings (SSSR count). The molecule has 2 saturated heterocycles. The minimum absolute atomic E-state index is 0.0547. The molecule has 0 aromatic heterocycles. The Morgan fingerprint density at radius 1 is 1.35 bits per heavy atom. The molecular weight excluding hydrogens is 298 g/mol. The Balaban J connectivity index is 1.59. The Morgan fingerprint density at radius 2 is 2.13 bits per heavy atom. The topological polar surface area (TPSA) is 96.5 Å². The Labute approximate surface area is 135 Å². The molecule has 1 spiro atoms. The Kier molecular flexibility index (Phi) is 4.57. The van der Waals surface area contributed by atoms with Crippen LogP contribution >= 0.6 is 0 Å². The van der Waals surface area contributed by atoms with Gasteiger partial charge in [-0.05, 0) is 50.5 Å². The normalized spacial score (nSPS) is 29.7. The van der Waals surface area contributed by atoms with Gasteiger partial charge < -0.3 is 20.7 Å². The zero-order valence-electron chi connectivity index (χ0n) is 13.5. The minimum Gasteiger partial charge on any atom is -0.467 e. The van der Waals surface area contributed by atoms with E-state index in [9.17, 15) is 14.4 Å². The Morgan fingerprint density at radius 3 is 2.74 bits per heavy atom. The van der Waals surface area contributed by atoms with Gasteiger partial charge >= 0.3 is 5.97 Å². The molecule has 23 heavy (non-hydrogen) atoms. The molecule has 1 aliphatic carbocycles. The predicted molar refractivity (Wildman–Crippen MR) is 82.4 cm³/mol. The van der Waals surface area contributed by atoms with Gasteiger partial charge in [0.25, 0.3) is 0 Å². The molecule has 3 atom stereocenters. The van der Waals surface area contributed by atoms with Crippen LogP contribution in [0.15, 0.2) is 0 Å². The summed E-state index contributed by atoms with van der Waals surface area (Å²) < 4.78 is 4.79. The first-order valence-corrected chi connectivity index (χ1v) is 8.42.